The van der Waals surface area contributed by atoms with Crippen molar-refractivity contribution in [3.8, 4) is 0 Å². The molecule has 0 radical (unpaired) electrons. The highest BCUT2D eigenvalue weighted by Crippen LogP contribution is 2.40. The van der Waals surface area contributed by atoms with Crippen LogP contribution in [0.25, 0.3) is 0 Å². The minimum Gasteiger partial charge on any atom is -0.392 e. The van der Waals surface area contributed by atoms with Gasteiger partial charge < -0.3 is 15.3 Å². The number of piperidine rings is 3. The Morgan fingerprint density at radius 1 is 1.11 bits per heavy atom. The second-order valence-corrected chi connectivity index (χ2v) is 9.49. The first kappa shape index (κ1) is 18.6. The molecule has 6 atom stereocenters. The molecule has 5 nitrogen and oxygen atoms in total. The molecule has 0 aliphatic carbocycles. The summed E-state index contributed by atoms with van der Waals surface area (Å²) in [5, 5.41) is 13.0. The second-order valence-electron chi connectivity index (χ2n) is 9.49. The summed E-state index contributed by atoms with van der Waals surface area (Å²) in [6.45, 7) is 3.49. The summed E-state index contributed by atoms with van der Waals surface area (Å²) in [6, 6.07) is 12.0. The second kappa shape index (κ2) is 7.77. The van der Waals surface area contributed by atoms with Gasteiger partial charge in [-0.2, -0.15) is 0 Å². The lowest BCUT2D eigenvalue weighted by Crippen LogP contribution is -2.63. The quantitative estimate of drug-likeness (QED) is 0.834. The van der Waals surface area contributed by atoms with Crippen molar-refractivity contribution in [3.63, 3.8) is 0 Å². The predicted octanol–water partition coefficient (Wildman–Crippen LogP) is 1.65. The van der Waals surface area contributed by atoms with Crippen LogP contribution in [0.1, 0.15) is 37.7 Å². The summed E-state index contributed by atoms with van der Waals surface area (Å²) in [5.74, 6) is 1.43. The maximum absolute atomic E-state index is 13.0. The zero-order chi connectivity index (χ0) is 19.1. The van der Waals surface area contributed by atoms with Gasteiger partial charge in [-0.05, 0) is 49.5 Å². The molecule has 1 aromatic carbocycles. The number of carbonyl (C=O) groups is 1. The molecule has 1 aromatic rings. The minimum absolute atomic E-state index is 0.179. The van der Waals surface area contributed by atoms with Crippen LogP contribution in [0.15, 0.2) is 30.3 Å². The van der Waals surface area contributed by atoms with Crippen molar-refractivity contribution in [1.82, 2.24) is 15.1 Å². The van der Waals surface area contributed by atoms with Gasteiger partial charge in [0.05, 0.1) is 12.1 Å². The summed E-state index contributed by atoms with van der Waals surface area (Å²) < 4.78 is 0. The number of fused-ring (bicyclic) bond motifs is 4. The molecule has 0 unspecified atom stereocenters. The molecule has 4 heterocycles. The minimum atomic E-state index is -0.370. The first-order valence-corrected chi connectivity index (χ1v) is 11.2. The van der Waals surface area contributed by atoms with Gasteiger partial charge in [-0.3, -0.25) is 9.69 Å². The molecule has 4 saturated heterocycles. The molecule has 2 bridgehead atoms. The molecule has 2 N–H and O–H groups in total. The molecule has 0 aromatic heterocycles. The third-order valence-corrected chi connectivity index (χ3v) is 7.55. The first-order chi connectivity index (χ1) is 13.7. The van der Waals surface area contributed by atoms with Crippen LogP contribution in [-0.4, -0.2) is 71.2 Å². The zero-order valence-electron chi connectivity index (χ0n) is 16.7. The SMILES string of the molecule is O=C([C@H]1C[C@@H](O)CN1)N1C[C@@H]2C[C@H](C1)[C@@H]1CCC[C@H](Cc3ccccc3)N1C2. The van der Waals surface area contributed by atoms with Gasteiger partial charge in [0.15, 0.2) is 0 Å². The Morgan fingerprint density at radius 3 is 2.75 bits per heavy atom. The van der Waals surface area contributed by atoms with Crippen LogP contribution in [0.2, 0.25) is 0 Å². The molecule has 0 saturated carbocycles. The number of likely N-dealkylation sites (tertiary alicyclic amines) is 1. The fourth-order valence-electron chi connectivity index (χ4n) is 6.32. The normalized spacial score (nSPS) is 38.2. The lowest BCUT2D eigenvalue weighted by Gasteiger charge is -2.55. The predicted molar refractivity (Wildman–Crippen MR) is 109 cm³/mol. The largest absolute Gasteiger partial charge is 0.392 e. The summed E-state index contributed by atoms with van der Waals surface area (Å²) in [7, 11) is 0. The number of nitrogens with one attached hydrogen (secondary N) is 1. The van der Waals surface area contributed by atoms with Crippen LogP contribution < -0.4 is 5.32 Å². The van der Waals surface area contributed by atoms with Gasteiger partial charge >= 0.3 is 0 Å². The average Bonchev–Trinajstić information content (AvgIpc) is 3.15. The van der Waals surface area contributed by atoms with E-state index in [0.29, 0.717) is 36.9 Å². The fraction of sp³-hybridized carbons (Fsp3) is 0.696. The highest BCUT2D eigenvalue weighted by molar-refractivity contribution is 5.82. The number of benzene rings is 1. The number of aliphatic hydroxyl groups is 1. The van der Waals surface area contributed by atoms with Gasteiger partial charge in [0.2, 0.25) is 5.91 Å². The number of amides is 1. The van der Waals surface area contributed by atoms with Crippen molar-refractivity contribution in [1.29, 1.82) is 0 Å². The van der Waals surface area contributed by atoms with E-state index in [4.69, 9.17) is 0 Å². The lowest BCUT2D eigenvalue weighted by atomic mass is 9.74. The van der Waals surface area contributed by atoms with E-state index in [1.165, 1.54) is 31.2 Å². The van der Waals surface area contributed by atoms with Crippen molar-refractivity contribution in [2.45, 2.75) is 62.8 Å². The summed E-state index contributed by atoms with van der Waals surface area (Å²) in [6.07, 6.45) is 6.53. The molecule has 28 heavy (non-hydrogen) atoms. The van der Waals surface area contributed by atoms with Gasteiger partial charge in [0.25, 0.3) is 0 Å². The highest BCUT2D eigenvalue weighted by Gasteiger charge is 2.46. The van der Waals surface area contributed by atoms with Gasteiger partial charge in [-0.1, -0.05) is 36.8 Å². The molecule has 0 spiro atoms. The Bertz CT molecular complexity index is 696. The zero-order valence-corrected chi connectivity index (χ0v) is 16.7. The van der Waals surface area contributed by atoms with Crippen molar-refractivity contribution in [2.75, 3.05) is 26.2 Å². The van der Waals surface area contributed by atoms with Crippen LogP contribution >= 0.6 is 0 Å². The lowest BCUT2D eigenvalue weighted by molar-refractivity contribution is -0.141. The van der Waals surface area contributed by atoms with E-state index in [1.807, 2.05) is 0 Å². The first-order valence-electron chi connectivity index (χ1n) is 11.2. The summed E-state index contributed by atoms with van der Waals surface area (Å²) in [4.78, 5) is 17.9. The third kappa shape index (κ3) is 3.60. The van der Waals surface area contributed by atoms with E-state index >= 15 is 0 Å². The Hall–Kier alpha value is -1.43. The van der Waals surface area contributed by atoms with Gasteiger partial charge in [0.1, 0.15) is 0 Å². The number of β-amino-alcohol motifs (C(OH)–C–C–N with tert-alkyl or cyclic N) is 1. The summed E-state index contributed by atoms with van der Waals surface area (Å²) in [5.41, 5.74) is 1.45. The van der Waals surface area contributed by atoms with E-state index in [9.17, 15) is 9.90 Å². The number of aliphatic hydroxyl groups excluding tert-OH is 1. The van der Waals surface area contributed by atoms with E-state index in [1.54, 1.807) is 0 Å². The molecule has 1 amide bonds. The smallest absolute Gasteiger partial charge is 0.239 e. The van der Waals surface area contributed by atoms with Gasteiger partial charge in [-0.15, -0.1) is 0 Å². The third-order valence-electron chi connectivity index (χ3n) is 7.55. The van der Waals surface area contributed by atoms with Crippen molar-refractivity contribution in [3.05, 3.63) is 35.9 Å². The van der Waals surface area contributed by atoms with Crippen LogP contribution in [0.3, 0.4) is 0 Å². The standard InChI is InChI=1S/C23H33N3O2/c27-20-11-21(24-12-20)23(28)25-13-17-9-18(15-25)22-8-4-7-19(26(22)14-17)10-16-5-2-1-3-6-16/h1-3,5-6,17-22,24,27H,4,7-15H2/t17-,18+,19+,20+,21+,22-/m0/s1. The number of hydrogen-bond donors (Lipinski definition) is 2. The Balaban J connectivity index is 1.27. The van der Waals surface area contributed by atoms with Crippen LogP contribution in [0.5, 0.6) is 0 Å². The van der Waals surface area contributed by atoms with Crippen LogP contribution in [0.4, 0.5) is 0 Å². The van der Waals surface area contributed by atoms with Crippen molar-refractivity contribution in [2.24, 2.45) is 11.8 Å². The molecule has 4 fully saturated rings. The Kier molecular flexibility index (Phi) is 5.16. The topological polar surface area (TPSA) is 55.8 Å². The van der Waals surface area contributed by atoms with E-state index < -0.39 is 0 Å². The Labute approximate surface area is 168 Å². The molecular formula is C23H33N3O2. The molecule has 5 heteroatoms. The molecule has 4 aliphatic heterocycles. The molecule has 152 valence electrons. The van der Waals surface area contributed by atoms with E-state index in [-0.39, 0.29) is 18.1 Å². The summed E-state index contributed by atoms with van der Waals surface area (Å²) >= 11 is 0. The van der Waals surface area contributed by atoms with E-state index in [2.05, 4.69) is 45.4 Å². The highest BCUT2D eigenvalue weighted by atomic mass is 16.3. The fourth-order valence-corrected chi connectivity index (χ4v) is 6.32. The maximum Gasteiger partial charge on any atom is 0.239 e. The maximum atomic E-state index is 13.0. The van der Waals surface area contributed by atoms with Crippen LogP contribution in [0, 0.1) is 11.8 Å². The molecule has 5 rings (SSSR count). The average molecular weight is 384 g/mol. The number of hydrogen-bond acceptors (Lipinski definition) is 4. The van der Waals surface area contributed by atoms with Crippen molar-refractivity contribution >= 4 is 5.91 Å². The molecule has 4 aliphatic rings. The van der Waals surface area contributed by atoms with Crippen molar-refractivity contribution < 1.29 is 9.90 Å². The van der Waals surface area contributed by atoms with Crippen LogP contribution in [-0.2, 0) is 11.2 Å². The number of rotatable bonds is 3. The number of nitrogens with zero attached hydrogens (tertiary/aromatic N) is 2. The van der Waals surface area contributed by atoms with Gasteiger partial charge in [-0.25, -0.2) is 0 Å². The Morgan fingerprint density at radius 2 is 1.96 bits per heavy atom. The number of carbonyl (C=O) groups excluding carboxylic acids is 1. The molecular weight excluding hydrogens is 350 g/mol. The monoisotopic (exact) mass is 383 g/mol. The van der Waals surface area contributed by atoms with Gasteiger partial charge in [0, 0.05) is 38.3 Å². The van der Waals surface area contributed by atoms with E-state index in [0.717, 1.165) is 26.1 Å².